The normalized spacial score (nSPS) is 14.0. The van der Waals surface area contributed by atoms with Crippen LogP contribution in [0.2, 0.25) is 0 Å². The Morgan fingerprint density at radius 1 is 0.435 bits per heavy atom. The molecule has 0 aliphatic heterocycles. The van der Waals surface area contributed by atoms with E-state index in [4.69, 9.17) is 18.9 Å². The molecule has 386 valence electrons. The first-order chi connectivity index (χ1) is 33.6. The first-order valence-corrected chi connectivity index (χ1v) is 26.0. The fourth-order valence-electron chi connectivity index (χ4n) is 6.15. The van der Waals surface area contributed by atoms with Crippen LogP contribution in [0.4, 0.5) is 0 Å². The lowest BCUT2D eigenvalue weighted by molar-refractivity contribution is -0.870. The zero-order valence-electron chi connectivity index (χ0n) is 43.6. The predicted molar refractivity (Wildman–Crippen MR) is 287 cm³/mol. The largest absolute Gasteiger partial charge is 0.545 e. The maximum atomic E-state index is 12.8. The van der Waals surface area contributed by atoms with Gasteiger partial charge < -0.3 is 33.3 Å². The number of aliphatic carboxylic acids is 1. The summed E-state index contributed by atoms with van der Waals surface area (Å²) in [5, 5.41) is 11.7. The predicted octanol–water partition coefficient (Wildman–Crippen LogP) is 13.6. The smallest absolute Gasteiger partial charge is 0.306 e. The van der Waals surface area contributed by atoms with Crippen molar-refractivity contribution in [2.75, 3.05) is 47.5 Å². The molecule has 2 atom stereocenters. The highest BCUT2D eigenvalue weighted by molar-refractivity contribution is 5.70. The minimum atomic E-state index is -1.65. The average Bonchev–Trinajstić information content (AvgIpc) is 3.31. The van der Waals surface area contributed by atoms with Crippen molar-refractivity contribution in [1.29, 1.82) is 0 Å². The number of rotatable bonds is 45. The monoisotopic (exact) mass is 956 g/mol. The van der Waals surface area contributed by atoms with Gasteiger partial charge in [-0.1, -0.05) is 185 Å². The first kappa shape index (κ1) is 64.2. The zero-order chi connectivity index (χ0) is 50.6. The van der Waals surface area contributed by atoms with Gasteiger partial charge in [-0.3, -0.25) is 9.59 Å². The Morgan fingerprint density at radius 2 is 0.812 bits per heavy atom. The number of likely N-dealkylation sites (N-methyl/N-ethyl adjacent to an activating group) is 1. The number of nitrogens with zero attached hydrogens (tertiary/aromatic N) is 1. The van der Waals surface area contributed by atoms with Crippen molar-refractivity contribution in [1.82, 2.24) is 0 Å². The van der Waals surface area contributed by atoms with Crippen LogP contribution in [0, 0.1) is 0 Å². The van der Waals surface area contributed by atoms with Crippen molar-refractivity contribution >= 4 is 17.9 Å². The van der Waals surface area contributed by atoms with Crippen molar-refractivity contribution in [3.05, 3.63) is 146 Å². The standard InChI is InChI=1S/C60H93NO8/c1-6-8-10-12-14-16-18-20-21-22-23-24-25-26-27-28-29-30-31-32-33-34-35-36-37-39-41-43-45-47-49-51-58(63)69-56(55-68-60(59(64)65)66-53-52-61(3,4)5)54-67-57(62)50-48-46-44-42-40-38-19-17-15-13-11-9-7-2/h8-11,14-17,20-21,23-24,26-27,29-30,32-33,35-36,38,40,44,46,56,60H,6-7,12-13,18-19,22,25,28,31,34,37,39,41-43,45,47-55H2,1-5H3/b10-8-,11-9-,16-14-,17-15-,21-20-,24-23-,27-26-,30-29-,33-32-,36-35-,40-38-,46-44-. The van der Waals surface area contributed by atoms with Crippen LogP contribution in [0.25, 0.3) is 0 Å². The number of esters is 2. The molecular weight excluding hydrogens is 863 g/mol. The highest BCUT2D eigenvalue weighted by atomic mass is 16.7. The molecule has 0 aromatic heterocycles. The Kier molecular flexibility index (Phi) is 46.1. The summed E-state index contributed by atoms with van der Waals surface area (Å²) in [4.78, 5) is 37.1. The van der Waals surface area contributed by atoms with Gasteiger partial charge in [0.25, 0.3) is 0 Å². The van der Waals surface area contributed by atoms with E-state index in [1.54, 1.807) is 0 Å². The van der Waals surface area contributed by atoms with E-state index in [9.17, 15) is 19.5 Å². The van der Waals surface area contributed by atoms with Gasteiger partial charge in [-0.15, -0.1) is 0 Å². The number of unbranched alkanes of at least 4 members (excludes halogenated alkanes) is 6. The molecule has 0 amide bonds. The van der Waals surface area contributed by atoms with E-state index >= 15 is 0 Å². The number of hydrogen-bond acceptors (Lipinski definition) is 8. The minimum absolute atomic E-state index is 0.125. The van der Waals surface area contributed by atoms with Crippen LogP contribution in [0.3, 0.4) is 0 Å². The summed E-state index contributed by atoms with van der Waals surface area (Å²) in [6.07, 6.45) is 69.1. The average molecular weight is 956 g/mol. The van der Waals surface area contributed by atoms with Gasteiger partial charge in [0, 0.05) is 12.8 Å². The molecule has 0 fully saturated rings. The highest BCUT2D eigenvalue weighted by Gasteiger charge is 2.21. The summed E-state index contributed by atoms with van der Waals surface area (Å²) >= 11 is 0. The fraction of sp³-hybridized carbons (Fsp3) is 0.550. The summed E-state index contributed by atoms with van der Waals surface area (Å²) in [5.41, 5.74) is 0. The number of carbonyl (C=O) groups excluding carboxylic acids is 3. The topological polar surface area (TPSA) is 111 Å². The molecule has 0 saturated heterocycles. The Morgan fingerprint density at radius 3 is 1.22 bits per heavy atom. The quantitative estimate of drug-likeness (QED) is 0.0195. The molecule has 69 heavy (non-hydrogen) atoms. The molecule has 9 heteroatoms. The summed E-state index contributed by atoms with van der Waals surface area (Å²) in [6, 6.07) is 0. The van der Waals surface area contributed by atoms with Gasteiger partial charge >= 0.3 is 11.9 Å². The zero-order valence-corrected chi connectivity index (χ0v) is 43.6. The maximum absolute atomic E-state index is 12.8. The second-order valence-electron chi connectivity index (χ2n) is 17.7. The number of allylic oxidation sites excluding steroid dienone is 24. The van der Waals surface area contributed by atoms with E-state index in [0.717, 1.165) is 116 Å². The molecule has 0 aromatic rings. The SMILES string of the molecule is CC/C=C\C/C=C\C/C=C\C/C=C\C/C=C\C/C=C\C/C=C\C/C=C\CCCCCCCCC(=O)OC(COC(=O)CC/C=C\C/C=C\C/C=C\C/C=C\CC)COC(OCC[N+](C)(C)C)C(=O)[O-]. The number of carbonyl (C=O) groups is 3. The van der Waals surface area contributed by atoms with E-state index in [-0.39, 0.29) is 32.7 Å². The number of hydrogen-bond donors (Lipinski definition) is 0. The Labute approximate surface area is 420 Å². The van der Waals surface area contributed by atoms with Crippen molar-refractivity contribution in [3.63, 3.8) is 0 Å². The second-order valence-corrected chi connectivity index (χ2v) is 17.7. The van der Waals surface area contributed by atoms with Gasteiger partial charge in [0.2, 0.25) is 0 Å². The Balaban J connectivity index is 4.38. The van der Waals surface area contributed by atoms with Gasteiger partial charge in [-0.05, 0) is 103 Å². The molecule has 0 spiro atoms. The molecule has 0 rings (SSSR count). The number of quaternary nitrogens is 1. The molecule has 0 heterocycles. The van der Waals surface area contributed by atoms with Crippen molar-refractivity contribution < 1.29 is 42.9 Å². The lowest BCUT2D eigenvalue weighted by Crippen LogP contribution is -2.44. The number of carboxylic acid groups (broad SMARTS) is 1. The van der Waals surface area contributed by atoms with Crippen LogP contribution in [-0.2, 0) is 33.3 Å². The molecule has 0 bridgehead atoms. The molecule has 0 saturated carbocycles. The third kappa shape index (κ3) is 50.9. The van der Waals surface area contributed by atoms with Crippen LogP contribution < -0.4 is 5.11 Å². The first-order valence-electron chi connectivity index (χ1n) is 26.0. The van der Waals surface area contributed by atoms with E-state index in [1.807, 2.05) is 33.3 Å². The van der Waals surface area contributed by atoms with Gasteiger partial charge in [-0.25, -0.2) is 0 Å². The van der Waals surface area contributed by atoms with Crippen molar-refractivity contribution in [3.8, 4) is 0 Å². The van der Waals surface area contributed by atoms with Crippen LogP contribution in [0.15, 0.2) is 146 Å². The van der Waals surface area contributed by atoms with E-state index < -0.39 is 30.3 Å². The minimum Gasteiger partial charge on any atom is -0.545 e. The molecule has 0 radical (unpaired) electrons. The molecule has 0 aliphatic rings. The molecule has 0 N–H and O–H groups in total. The van der Waals surface area contributed by atoms with Gasteiger partial charge in [0.1, 0.15) is 13.2 Å². The summed E-state index contributed by atoms with van der Waals surface area (Å²) < 4.78 is 22.5. The summed E-state index contributed by atoms with van der Waals surface area (Å²) in [7, 11) is 5.87. The van der Waals surface area contributed by atoms with Crippen LogP contribution >= 0.6 is 0 Å². The van der Waals surface area contributed by atoms with Gasteiger partial charge in [0.05, 0.1) is 40.3 Å². The van der Waals surface area contributed by atoms with Gasteiger partial charge in [-0.2, -0.15) is 0 Å². The molecule has 0 aliphatic carbocycles. The third-order valence-electron chi connectivity index (χ3n) is 10.1. The van der Waals surface area contributed by atoms with Crippen LogP contribution in [0.1, 0.15) is 155 Å². The summed E-state index contributed by atoms with van der Waals surface area (Å²) in [6.45, 7) is 4.37. The van der Waals surface area contributed by atoms with Gasteiger partial charge in [0.15, 0.2) is 12.4 Å². The van der Waals surface area contributed by atoms with Crippen molar-refractivity contribution in [2.24, 2.45) is 0 Å². The van der Waals surface area contributed by atoms with E-state index in [1.165, 1.54) is 0 Å². The molecular formula is C60H93NO8. The molecule has 9 nitrogen and oxygen atoms in total. The lowest BCUT2D eigenvalue weighted by atomic mass is 10.1. The van der Waals surface area contributed by atoms with E-state index in [2.05, 4.69) is 148 Å². The Hall–Kier alpha value is -4.83. The van der Waals surface area contributed by atoms with Crippen LogP contribution in [-0.4, -0.2) is 82.3 Å². The maximum Gasteiger partial charge on any atom is 0.306 e. The fourth-order valence-corrected chi connectivity index (χ4v) is 6.15. The second kappa shape index (κ2) is 49.6. The van der Waals surface area contributed by atoms with Crippen molar-refractivity contribution in [2.45, 2.75) is 167 Å². The third-order valence-corrected chi connectivity index (χ3v) is 10.1. The number of carboxylic acids is 1. The Bertz CT molecular complexity index is 1630. The molecule has 2 unspecified atom stereocenters. The molecule has 0 aromatic carbocycles. The van der Waals surface area contributed by atoms with Crippen LogP contribution in [0.5, 0.6) is 0 Å². The highest BCUT2D eigenvalue weighted by Crippen LogP contribution is 2.12. The van der Waals surface area contributed by atoms with E-state index in [0.29, 0.717) is 23.9 Å². The summed E-state index contributed by atoms with van der Waals surface area (Å²) in [5.74, 6) is -2.44. The number of ether oxygens (including phenoxy) is 4. The lowest BCUT2D eigenvalue weighted by Gasteiger charge is -2.26.